The lowest BCUT2D eigenvalue weighted by atomic mass is 10.1. The Labute approximate surface area is 142 Å². The highest BCUT2D eigenvalue weighted by Crippen LogP contribution is 2.22. The molecule has 2 aromatic heterocycles. The van der Waals surface area contributed by atoms with Gasteiger partial charge in [0.1, 0.15) is 12.1 Å². The molecule has 4 rings (SSSR count). The van der Waals surface area contributed by atoms with E-state index in [0.717, 1.165) is 44.2 Å². The largest absolute Gasteiger partial charge is 0.361 e. The topological polar surface area (TPSA) is 48.1 Å². The van der Waals surface area contributed by atoms with Crippen molar-refractivity contribution < 1.29 is 0 Å². The summed E-state index contributed by atoms with van der Waals surface area (Å²) in [6.07, 6.45) is 3.70. The monoisotopic (exact) mass is 321 g/mol. The van der Waals surface area contributed by atoms with Gasteiger partial charge in [-0.2, -0.15) is 0 Å². The molecule has 0 atom stereocenters. The Morgan fingerprint density at radius 1 is 1.04 bits per heavy atom. The first-order chi connectivity index (χ1) is 11.7. The third kappa shape index (κ3) is 2.76. The Bertz CT molecular complexity index is 846. The predicted molar refractivity (Wildman–Crippen MR) is 97.3 cm³/mol. The van der Waals surface area contributed by atoms with Gasteiger partial charge in [-0.15, -0.1) is 0 Å². The molecule has 0 spiro atoms. The van der Waals surface area contributed by atoms with E-state index in [-0.39, 0.29) is 0 Å². The van der Waals surface area contributed by atoms with Gasteiger partial charge in [0.15, 0.2) is 0 Å². The lowest BCUT2D eigenvalue weighted by Gasteiger charge is -2.36. The van der Waals surface area contributed by atoms with Crippen LogP contribution in [0.2, 0.25) is 0 Å². The van der Waals surface area contributed by atoms with Gasteiger partial charge in [0, 0.05) is 55.7 Å². The molecule has 0 unspecified atom stereocenters. The summed E-state index contributed by atoms with van der Waals surface area (Å²) in [6.45, 7) is 9.29. The SMILES string of the molecule is Cc1ncnc(N2CCN(Cc3cccc4cc[nH]c34)CC2)c1C. The number of aromatic amines is 1. The summed E-state index contributed by atoms with van der Waals surface area (Å²) < 4.78 is 0. The number of aryl methyl sites for hydroxylation is 1. The van der Waals surface area contributed by atoms with Crippen molar-refractivity contribution in [3.8, 4) is 0 Å². The molecular formula is C19H23N5. The van der Waals surface area contributed by atoms with E-state index in [1.54, 1.807) is 6.33 Å². The number of fused-ring (bicyclic) bond motifs is 1. The molecule has 0 bridgehead atoms. The van der Waals surface area contributed by atoms with Crippen molar-refractivity contribution in [2.75, 3.05) is 31.1 Å². The molecule has 1 aliphatic heterocycles. The van der Waals surface area contributed by atoms with Crippen molar-refractivity contribution >= 4 is 16.7 Å². The van der Waals surface area contributed by atoms with Crippen LogP contribution in [0, 0.1) is 13.8 Å². The van der Waals surface area contributed by atoms with E-state index < -0.39 is 0 Å². The maximum atomic E-state index is 4.50. The molecule has 124 valence electrons. The van der Waals surface area contributed by atoms with Crippen LogP contribution in [-0.2, 0) is 6.54 Å². The lowest BCUT2D eigenvalue weighted by molar-refractivity contribution is 0.250. The minimum Gasteiger partial charge on any atom is -0.361 e. The van der Waals surface area contributed by atoms with Crippen molar-refractivity contribution in [3.63, 3.8) is 0 Å². The first-order valence-corrected chi connectivity index (χ1v) is 8.53. The molecule has 1 aliphatic rings. The third-order valence-electron chi connectivity index (χ3n) is 5.05. The van der Waals surface area contributed by atoms with Gasteiger partial charge >= 0.3 is 0 Å². The van der Waals surface area contributed by atoms with Crippen LogP contribution in [0.1, 0.15) is 16.8 Å². The van der Waals surface area contributed by atoms with E-state index in [0.29, 0.717) is 0 Å². The Kier molecular flexibility index (Phi) is 3.94. The molecule has 1 fully saturated rings. The number of aromatic nitrogens is 3. The van der Waals surface area contributed by atoms with Crippen LogP contribution in [0.4, 0.5) is 5.82 Å². The fraction of sp³-hybridized carbons (Fsp3) is 0.368. The summed E-state index contributed by atoms with van der Waals surface area (Å²) >= 11 is 0. The van der Waals surface area contributed by atoms with E-state index >= 15 is 0 Å². The Morgan fingerprint density at radius 3 is 2.71 bits per heavy atom. The average molecular weight is 321 g/mol. The molecule has 3 aromatic rings. The number of piperazine rings is 1. The molecule has 1 aromatic carbocycles. The minimum atomic E-state index is 0.994. The fourth-order valence-electron chi connectivity index (χ4n) is 3.48. The zero-order valence-corrected chi connectivity index (χ0v) is 14.3. The van der Waals surface area contributed by atoms with Gasteiger partial charge in [0.25, 0.3) is 0 Å². The zero-order chi connectivity index (χ0) is 16.5. The molecule has 1 N–H and O–H groups in total. The molecular weight excluding hydrogens is 298 g/mol. The number of para-hydroxylation sites is 1. The second kappa shape index (κ2) is 6.24. The number of nitrogens with one attached hydrogen (secondary N) is 1. The van der Waals surface area contributed by atoms with E-state index in [9.17, 15) is 0 Å². The smallest absolute Gasteiger partial charge is 0.135 e. The fourth-order valence-corrected chi connectivity index (χ4v) is 3.48. The summed E-state index contributed by atoms with van der Waals surface area (Å²) in [5, 5.41) is 1.29. The summed E-state index contributed by atoms with van der Waals surface area (Å²) in [4.78, 5) is 17.1. The highest BCUT2D eigenvalue weighted by Gasteiger charge is 2.20. The quantitative estimate of drug-likeness (QED) is 0.806. The summed E-state index contributed by atoms with van der Waals surface area (Å²) in [7, 11) is 0. The summed E-state index contributed by atoms with van der Waals surface area (Å²) in [5.41, 5.74) is 4.91. The van der Waals surface area contributed by atoms with Gasteiger partial charge < -0.3 is 9.88 Å². The second-order valence-electron chi connectivity index (χ2n) is 6.53. The first kappa shape index (κ1) is 15.1. The van der Waals surface area contributed by atoms with Gasteiger partial charge in [-0.3, -0.25) is 4.90 Å². The minimum absolute atomic E-state index is 0.994. The van der Waals surface area contributed by atoms with Gasteiger partial charge in [0.05, 0.1) is 0 Å². The first-order valence-electron chi connectivity index (χ1n) is 8.53. The maximum absolute atomic E-state index is 4.50. The number of hydrogen-bond donors (Lipinski definition) is 1. The van der Waals surface area contributed by atoms with Crippen LogP contribution in [0.5, 0.6) is 0 Å². The van der Waals surface area contributed by atoms with Crippen LogP contribution in [-0.4, -0.2) is 46.0 Å². The Hall–Kier alpha value is -2.40. The number of H-pyrrole nitrogens is 1. The van der Waals surface area contributed by atoms with Crippen LogP contribution in [0.25, 0.3) is 10.9 Å². The molecule has 1 saturated heterocycles. The van der Waals surface area contributed by atoms with E-state index in [2.05, 4.69) is 55.9 Å². The van der Waals surface area contributed by atoms with E-state index in [4.69, 9.17) is 0 Å². The van der Waals surface area contributed by atoms with Gasteiger partial charge in [-0.25, -0.2) is 9.97 Å². The third-order valence-corrected chi connectivity index (χ3v) is 5.05. The van der Waals surface area contributed by atoms with Crippen molar-refractivity contribution in [2.45, 2.75) is 20.4 Å². The standard InChI is InChI=1S/C19H23N5/c1-14-15(2)21-13-22-19(14)24-10-8-23(9-11-24)12-17-5-3-4-16-6-7-20-18(16)17/h3-7,13,20H,8-12H2,1-2H3. The second-order valence-corrected chi connectivity index (χ2v) is 6.53. The van der Waals surface area contributed by atoms with Crippen LogP contribution in [0.3, 0.4) is 0 Å². The predicted octanol–water partition coefficient (Wildman–Crippen LogP) is 2.90. The lowest BCUT2D eigenvalue weighted by Crippen LogP contribution is -2.46. The maximum Gasteiger partial charge on any atom is 0.135 e. The normalized spacial score (nSPS) is 16.0. The van der Waals surface area contributed by atoms with Crippen molar-refractivity contribution in [3.05, 3.63) is 53.6 Å². The van der Waals surface area contributed by atoms with E-state index in [1.165, 1.54) is 22.0 Å². The van der Waals surface area contributed by atoms with Gasteiger partial charge in [-0.05, 0) is 30.9 Å². The van der Waals surface area contributed by atoms with Crippen molar-refractivity contribution in [1.82, 2.24) is 19.9 Å². The molecule has 3 heterocycles. The van der Waals surface area contributed by atoms with Crippen LogP contribution in [0.15, 0.2) is 36.8 Å². The van der Waals surface area contributed by atoms with Crippen molar-refractivity contribution in [1.29, 1.82) is 0 Å². The van der Waals surface area contributed by atoms with Crippen molar-refractivity contribution in [2.24, 2.45) is 0 Å². The Balaban J connectivity index is 1.45. The summed E-state index contributed by atoms with van der Waals surface area (Å²) in [5.74, 6) is 1.09. The Morgan fingerprint density at radius 2 is 1.88 bits per heavy atom. The molecule has 0 saturated carbocycles. The van der Waals surface area contributed by atoms with Gasteiger partial charge in [-0.1, -0.05) is 18.2 Å². The van der Waals surface area contributed by atoms with Crippen LogP contribution >= 0.6 is 0 Å². The van der Waals surface area contributed by atoms with Gasteiger partial charge in [0.2, 0.25) is 0 Å². The molecule has 0 aliphatic carbocycles. The highest BCUT2D eigenvalue weighted by molar-refractivity contribution is 5.82. The molecule has 0 amide bonds. The molecule has 5 heteroatoms. The molecule has 5 nitrogen and oxygen atoms in total. The molecule has 24 heavy (non-hydrogen) atoms. The molecule has 0 radical (unpaired) electrons. The number of nitrogens with zero attached hydrogens (tertiary/aromatic N) is 4. The number of rotatable bonds is 3. The highest BCUT2D eigenvalue weighted by atomic mass is 15.3. The van der Waals surface area contributed by atoms with E-state index in [1.807, 2.05) is 13.1 Å². The van der Waals surface area contributed by atoms with Crippen LogP contribution < -0.4 is 4.90 Å². The number of anilines is 1. The average Bonchev–Trinajstić information content (AvgIpc) is 3.08. The summed E-state index contributed by atoms with van der Waals surface area (Å²) in [6, 6.07) is 8.67. The zero-order valence-electron chi connectivity index (χ0n) is 14.3. The number of hydrogen-bond acceptors (Lipinski definition) is 4. The number of benzene rings is 1.